The SMILES string of the molecule is Cc1cc(C)cc(C(=O)NCCCN2CCCCC2)c1. The van der Waals surface area contributed by atoms with E-state index in [1.54, 1.807) is 0 Å². The van der Waals surface area contributed by atoms with Gasteiger partial charge in [0.05, 0.1) is 0 Å². The second kappa shape index (κ2) is 7.44. The number of benzene rings is 1. The molecule has 1 heterocycles. The summed E-state index contributed by atoms with van der Waals surface area (Å²) in [4.78, 5) is 14.6. The van der Waals surface area contributed by atoms with Crippen molar-refractivity contribution in [1.29, 1.82) is 0 Å². The van der Waals surface area contributed by atoms with Crippen molar-refractivity contribution in [2.24, 2.45) is 0 Å². The normalized spacial score (nSPS) is 16.1. The molecule has 1 fully saturated rings. The van der Waals surface area contributed by atoms with Gasteiger partial charge in [0, 0.05) is 12.1 Å². The molecule has 3 heteroatoms. The lowest BCUT2D eigenvalue weighted by Gasteiger charge is -2.26. The molecule has 2 rings (SSSR count). The number of hydrogen-bond donors (Lipinski definition) is 1. The Labute approximate surface area is 122 Å². The van der Waals surface area contributed by atoms with Crippen molar-refractivity contribution >= 4 is 5.91 Å². The molecule has 0 spiro atoms. The Bertz CT molecular complexity index is 430. The van der Waals surface area contributed by atoms with Crippen molar-refractivity contribution in [3.05, 3.63) is 34.9 Å². The van der Waals surface area contributed by atoms with Gasteiger partial charge in [0.15, 0.2) is 0 Å². The summed E-state index contributed by atoms with van der Waals surface area (Å²) in [6.07, 6.45) is 5.07. The van der Waals surface area contributed by atoms with Crippen LogP contribution >= 0.6 is 0 Å². The van der Waals surface area contributed by atoms with E-state index >= 15 is 0 Å². The molecule has 110 valence electrons. The topological polar surface area (TPSA) is 32.3 Å². The van der Waals surface area contributed by atoms with E-state index in [1.165, 1.54) is 32.4 Å². The summed E-state index contributed by atoms with van der Waals surface area (Å²) >= 11 is 0. The van der Waals surface area contributed by atoms with E-state index in [4.69, 9.17) is 0 Å². The summed E-state index contributed by atoms with van der Waals surface area (Å²) in [5.74, 6) is 0.0513. The average Bonchev–Trinajstić information content (AvgIpc) is 2.43. The number of rotatable bonds is 5. The van der Waals surface area contributed by atoms with E-state index in [-0.39, 0.29) is 5.91 Å². The molecular weight excluding hydrogens is 248 g/mol. The molecule has 0 radical (unpaired) electrons. The molecule has 3 nitrogen and oxygen atoms in total. The maximum absolute atomic E-state index is 12.1. The minimum Gasteiger partial charge on any atom is -0.352 e. The number of aryl methyl sites for hydroxylation is 2. The predicted octanol–water partition coefficient (Wildman–Crippen LogP) is 2.91. The van der Waals surface area contributed by atoms with Crippen molar-refractivity contribution in [1.82, 2.24) is 10.2 Å². The predicted molar refractivity (Wildman–Crippen MR) is 83.2 cm³/mol. The highest BCUT2D eigenvalue weighted by atomic mass is 16.1. The molecule has 0 bridgehead atoms. The average molecular weight is 274 g/mol. The van der Waals surface area contributed by atoms with Gasteiger partial charge in [0.1, 0.15) is 0 Å². The zero-order chi connectivity index (χ0) is 14.4. The minimum atomic E-state index is 0.0513. The molecular formula is C17H26N2O. The van der Waals surface area contributed by atoms with Crippen molar-refractivity contribution < 1.29 is 4.79 Å². The summed E-state index contributed by atoms with van der Waals surface area (Å²) in [6, 6.07) is 5.99. The fraction of sp³-hybridized carbons (Fsp3) is 0.588. The van der Waals surface area contributed by atoms with Crippen LogP contribution in [0.25, 0.3) is 0 Å². The molecule has 1 amide bonds. The minimum absolute atomic E-state index is 0.0513. The monoisotopic (exact) mass is 274 g/mol. The number of hydrogen-bond acceptors (Lipinski definition) is 2. The lowest BCUT2D eigenvalue weighted by atomic mass is 10.1. The van der Waals surface area contributed by atoms with Crippen LogP contribution in [0, 0.1) is 13.8 Å². The van der Waals surface area contributed by atoms with Gasteiger partial charge in [-0.25, -0.2) is 0 Å². The fourth-order valence-electron chi connectivity index (χ4n) is 2.90. The van der Waals surface area contributed by atoms with Crippen LogP contribution in [-0.2, 0) is 0 Å². The summed E-state index contributed by atoms with van der Waals surface area (Å²) < 4.78 is 0. The van der Waals surface area contributed by atoms with Gasteiger partial charge in [-0.2, -0.15) is 0 Å². The maximum Gasteiger partial charge on any atom is 0.251 e. The Kier molecular flexibility index (Phi) is 5.60. The molecule has 0 saturated carbocycles. The number of amides is 1. The largest absolute Gasteiger partial charge is 0.352 e. The quantitative estimate of drug-likeness (QED) is 0.837. The first-order valence-corrected chi connectivity index (χ1v) is 7.74. The number of carbonyl (C=O) groups is 1. The Balaban J connectivity index is 1.71. The van der Waals surface area contributed by atoms with Gasteiger partial charge in [-0.05, 0) is 64.9 Å². The molecule has 1 aliphatic rings. The van der Waals surface area contributed by atoms with Crippen LogP contribution in [0.1, 0.15) is 47.2 Å². The second-order valence-electron chi connectivity index (χ2n) is 5.89. The highest BCUT2D eigenvalue weighted by Gasteiger charge is 2.10. The maximum atomic E-state index is 12.1. The van der Waals surface area contributed by atoms with Crippen LogP contribution in [0.3, 0.4) is 0 Å². The van der Waals surface area contributed by atoms with Crippen molar-refractivity contribution in [2.45, 2.75) is 39.5 Å². The smallest absolute Gasteiger partial charge is 0.251 e. The lowest BCUT2D eigenvalue weighted by Crippen LogP contribution is -2.33. The van der Waals surface area contributed by atoms with Gasteiger partial charge in [0.2, 0.25) is 0 Å². The number of piperidine rings is 1. The third-order valence-electron chi connectivity index (χ3n) is 3.87. The van der Waals surface area contributed by atoms with Crippen LogP contribution < -0.4 is 5.32 Å². The fourth-order valence-corrected chi connectivity index (χ4v) is 2.90. The third kappa shape index (κ3) is 4.64. The highest BCUT2D eigenvalue weighted by Crippen LogP contribution is 2.10. The van der Waals surface area contributed by atoms with Gasteiger partial charge in [0.25, 0.3) is 5.91 Å². The number of carbonyl (C=O) groups excluding carboxylic acids is 1. The Hall–Kier alpha value is -1.35. The van der Waals surface area contributed by atoms with Crippen LogP contribution in [0.5, 0.6) is 0 Å². The molecule has 1 N–H and O–H groups in total. The highest BCUT2D eigenvalue weighted by molar-refractivity contribution is 5.94. The van der Waals surface area contributed by atoms with Crippen molar-refractivity contribution in [2.75, 3.05) is 26.2 Å². The molecule has 1 saturated heterocycles. The van der Waals surface area contributed by atoms with Gasteiger partial charge in [-0.15, -0.1) is 0 Å². The molecule has 1 aliphatic heterocycles. The summed E-state index contributed by atoms with van der Waals surface area (Å²) in [7, 11) is 0. The number of nitrogens with zero attached hydrogens (tertiary/aromatic N) is 1. The van der Waals surface area contributed by atoms with E-state index in [2.05, 4.69) is 16.3 Å². The van der Waals surface area contributed by atoms with Crippen LogP contribution in [0.4, 0.5) is 0 Å². The van der Waals surface area contributed by atoms with Crippen LogP contribution in [0.2, 0.25) is 0 Å². The lowest BCUT2D eigenvalue weighted by molar-refractivity contribution is 0.0951. The Morgan fingerprint density at radius 2 is 1.75 bits per heavy atom. The Morgan fingerprint density at radius 1 is 1.10 bits per heavy atom. The first kappa shape index (κ1) is 15.0. The van der Waals surface area contributed by atoms with E-state index in [1.807, 2.05) is 26.0 Å². The second-order valence-corrected chi connectivity index (χ2v) is 5.89. The Morgan fingerprint density at radius 3 is 2.40 bits per heavy atom. The number of nitrogens with one attached hydrogen (secondary N) is 1. The van der Waals surface area contributed by atoms with Gasteiger partial charge in [-0.1, -0.05) is 23.6 Å². The molecule has 20 heavy (non-hydrogen) atoms. The first-order valence-electron chi connectivity index (χ1n) is 7.74. The molecule has 1 aromatic rings. The van der Waals surface area contributed by atoms with Gasteiger partial charge in [-0.3, -0.25) is 4.79 Å². The summed E-state index contributed by atoms with van der Waals surface area (Å²) in [5, 5.41) is 3.03. The zero-order valence-electron chi connectivity index (χ0n) is 12.7. The van der Waals surface area contributed by atoms with E-state index in [0.29, 0.717) is 0 Å². The number of likely N-dealkylation sites (tertiary alicyclic amines) is 1. The zero-order valence-corrected chi connectivity index (χ0v) is 12.7. The third-order valence-corrected chi connectivity index (χ3v) is 3.87. The summed E-state index contributed by atoms with van der Waals surface area (Å²) in [5.41, 5.74) is 3.06. The molecule has 0 aliphatic carbocycles. The summed E-state index contributed by atoms with van der Waals surface area (Å²) in [6.45, 7) is 8.38. The molecule has 0 aromatic heterocycles. The van der Waals surface area contributed by atoms with E-state index in [0.717, 1.165) is 36.2 Å². The van der Waals surface area contributed by atoms with E-state index < -0.39 is 0 Å². The molecule has 1 aromatic carbocycles. The van der Waals surface area contributed by atoms with Crippen LogP contribution in [0.15, 0.2) is 18.2 Å². The van der Waals surface area contributed by atoms with Gasteiger partial charge >= 0.3 is 0 Å². The van der Waals surface area contributed by atoms with E-state index in [9.17, 15) is 4.79 Å². The molecule has 0 unspecified atom stereocenters. The molecule has 0 atom stereocenters. The van der Waals surface area contributed by atoms with Gasteiger partial charge < -0.3 is 10.2 Å². The van der Waals surface area contributed by atoms with Crippen molar-refractivity contribution in [3.63, 3.8) is 0 Å². The van der Waals surface area contributed by atoms with Crippen LogP contribution in [-0.4, -0.2) is 37.0 Å². The van der Waals surface area contributed by atoms with Crippen molar-refractivity contribution in [3.8, 4) is 0 Å². The standard InChI is InChI=1S/C17H26N2O/c1-14-11-15(2)13-16(12-14)17(20)18-7-6-10-19-8-4-3-5-9-19/h11-13H,3-10H2,1-2H3,(H,18,20). The first-order chi connectivity index (χ1) is 9.65.